The molecule has 0 atom stereocenters. The third-order valence-corrected chi connectivity index (χ3v) is 5.47. The van der Waals surface area contributed by atoms with E-state index in [1.165, 1.54) is 18.2 Å². The van der Waals surface area contributed by atoms with Crippen molar-refractivity contribution in [2.24, 2.45) is 0 Å². The Bertz CT molecular complexity index is 1650. The fourth-order valence-electron chi connectivity index (χ4n) is 3.72. The summed E-state index contributed by atoms with van der Waals surface area (Å²) >= 11 is 5.95. The number of pyridine rings is 2. The van der Waals surface area contributed by atoms with E-state index < -0.39 is 28.5 Å². The molecule has 5 rings (SSSR count). The second kappa shape index (κ2) is 8.72. The molecule has 0 unspecified atom stereocenters. The zero-order valence-corrected chi connectivity index (χ0v) is 18.8. The van der Waals surface area contributed by atoms with E-state index >= 15 is 0 Å². The number of rotatable bonds is 4. The van der Waals surface area contributed by atoms with E-state index in [4.69, 9.17) is 17.3 Å². The van der Waals surface area contributed by atoms with Crippen LogP contribution in [0.2, 0.25) is 5.15 Å². The third kappa shape index (κ3) is 4.26. The molecule has 0 saturated heterocycles. The van der Waals surface area contributed by atoms with Crippen LogP contribution in [0.1, 0.15) is 11.4 Å². The molecular weight excluding hydrogens is 502 g/mol. The van der Waals surface area contributed by atoms with E-state index in [0.717, 1.165) is 21.3 Å². The lowest BCUT2D eigenvalue weighted by atomic mass is 10.00. The van der Waals surface area contributed by atoms with Crippen LogP contribution in [0.15, 0.2) is 65.6 Å². The van der Waals surface area contributed by atoms with E-state index in [1.54, 1.807) is 30.3 Å². The van der Waals surface area contributed by atoms with Gasteiger partial charge in [-0.2, -0.15) is 13.2 Å². The zero-order valence-electron chi connectivity index (χ0n) is 18.0. The van der Waals surface area contributed by atoms with Gasteiger partial charge in [-0.05, 0) is 29.8 Å². The molecule has 1 aromatic carbocycles. The van der Waals surface area contributed by atoms with Crippen LogP contribution in [0, 0.1) is 5.82 Å². The topological polar surface area (TPSA) is 104 Å². The van der Waals surface area contributed by atoms with Crippen molar-refractivity contribution in [2.75, 3.05) is 5.73 Å². The molecule has 0 aliphatic rings. The second-order valence-corrected chi connectivity index (χ2v) is 8.08. The Labute approximate surface area is 204 Å². The molecule has 13 heteroatoms. The Morgan fingerprint density at radius 2 is 1.75 bits per heavy atom. The first kappa shape index (κ1) is 23.4. The van der Waals surface area contributed by atoms with Gasteiger partial charge in [0.25, 0.3) is 0 Å². The zero-order chi connectivity index (χ0) is 25.6. The third-order valence-electron chi connectivity index (χ3n) is 5.28. The van der Waals surface area contributed by atoms with Crippen molar-refractivity contribution in [3.05, 3.63) is 93.6 Å². The first-order chi connectivity index (χ1) is 17.1. The van der Waals surface area contributed by atoms with Crippen LogP contribution in [0.4, 0.5) is 23.5 Å². The fraction of sp³-hybridized carbons (Fsp3) is 0.0870. The van der Waals surface area contributed by atoms with Gasteiger partial charge in [-0.1, -0.05) is 41.9 Å². The van der Waals surface area contributed by atoms with E-state index in [-0.39, 0.29) is 35.0 Å². The standard InChI is InChI=1S/C23H14ClF4N7O/c24-17-9-13(8-16(31-17)23(26,27)28)18-19(12-4-2-1-3-5-12)32-21(29)35-20(18)33-34(22(35)36)11-15-7-6-14(25)10-30-15/h1-10H,11H2,(H2,29,32). The maximum absolute atomic E-state index is 13.5. The number of halogens is 5. The fourth-order valence-corrected chi connectivity index (χ4v) is 3.92. The molecule has 5 aromatic rings. The lowest BCUT2D eigenvalue weighted by molar-refractivity contribution is -0.141. The number of anilines is 1. The number of fused-ring (bicyclic) bond motifs is 1. The minimum Gasteiger partial charge on any atom is -0.369 e. The molecule has 4 heterocycles. The monoisotopic (exact) mass is 515 g/mol. The average Bonchev–Trinajstić information content (AvgIpc) is 3.16. The van der Waals surface area contributed by atoms with Gasteiger partial charge in [-0.3, -0.25) is 4.98 Å². The Morgan fingerprint density at radius 1 is 1.00 bits per heavy atom. The molecule has 2 N–H and O–H groups in total. The van der Waals surface area contributed by atoms with Crippen LogP contribution in [-0.4, -0.2) is 29.1 Å². The number of benzene rings is 1. The molecule has 0 radical (unpaired) electrons. The van der Waals surface area contributed by atoms with E-state index in [2.05, 4.69) is 20.1 Å². The van der Waals surface area contributed by atoms with Crippen LogP contribution in [0.5, 0.6) is 0 Å². The van der Waals surface area contributed by atoms with Gasteiger partial charge in [-0.25, -0.2) is 28.2 Å². The Balaban J connectivity index is 1.82. The lowest BCUT2D eigenvalue weighted by Gasteiger charge is -2.14. The number of hydrogen-bond acceptors (Lipinski definition) is 6. The molecule has 4 aromatic heterocycles. The van der Waals surface area contributed by atoms with E-state index in [1.807, 2.05) is 0 Å². The first-order valence-corrected chi connectivity index (χ1v) is 10.7. The normalized spacial score (nSPS) is 11.8. The maximum atomic E-state index is 13.5. The van der Waals surface area contributed by atoms with Gasteiger partial charge in [-0.15, -0.1) is 5.10 Å². The first-order valence-electron chi connectivity index (χ1n) is 10.3. The van der Waals surface area contributed by atoms with Crippen LogP contribution in [0.3, 0.4) is 0 Å². The van der Waals surface area contributed by atoms with Crippen molar-refractivity contribution in [1.29, 1.82) is 0 Å². The smallest absolute Gasteiger partial charge is 0.369 e. The SMILES string of the molecule is Nc1nc(-c2ccccc2)c(-c2cc(Cl)nc(C(F)(F)F)c2)c2nn(Cc3ccc(F)cn3)c(=O)n12. The molecule has 36 heavy (non-hydrogen) atoms. The van der Waals surface area contributed by atoms with Crippen LogP contribution in [0.25, 0.3) is 28.0 Å². The van der Waals surface area contributed by atoms with Crippen LogP contribution >= 0.6 is 11.6 Å². The summed E-state index contributed by atoms with van der Waals surface area (Å²) in [6, 6.07) is 13.1. The molecule has 182 valence electrons. The molecule has 0 bridgehead atoms. The van der Waals surface area contributed by atoms with Crippen molar-refractivity contribution < 1.29 is 17.6 Å². The van der Waals surface area contributed by atoms with Gasteiger partial charge in [0.15, 0.2) is 5.65 Å². The Kier molecular flexibility index (Phi) is 5.67. The molecule has 0 fully saturated rings. The highest BCUT2D eigenvalue weighted by atomic mass is 35.5. The van der Waals surface area contributed by atoms with Gasteiger partial charge >= 0.3 is 11.9 Å². The van der Waals surface area contributed by atoms with Crippen LogP contribution < -0.4 is 11.4 Å². The van der Waals surface area contributed by atoms with Gasteiger partial charge in [0.2, 0.25) is 5.95 Å². The summed E-state index contributed by atoms with van der Waals surface area (Å²) in [6.45, 7) is -0.148. The summed E-state index contributed by atoms with van der Waals surface area (Å²) < 4.78 is 55.9. The molecular formula is C23H14ClF4N7O. The number of nitrogen functional groups attached to an aromatic ring is 1. The molecule has 0 spiro atoms. The largest absolute Gasteiger partial charge is 0.433 e. The summed E-state index contributed by atoms with van der Waals surface area (Å²) in [5.41, 5.74) is 5.23. The Hall–Kier alpha value is -4.32. The van der Waals surface area contributed by atoms with Gasteiger partial charge < -0.3 is 5.73 Å². The highest BCUT2D eigenvalue weighted by molar-refractivity contribution is 6.29. The molecule has 8 nitrogen and oxygen atoms in total. The highest BCUT2D eigenvalue weighted by Gasteiger charge is 2.34. The minimum absolute atomic E-state index is 0.0178. The number of aromatic nitrogens is 6. The van der Waals surface area contributed by atoms with Crippen molar-refractivity contribution in [2.45, 2.75) is 12.7 Å². The number of nitrogens with two attached hydrogens (primary N) is 1. The summed E-state index contributed by atoms with van der Waals surface area (Å²) in [6.07, 6.45) is -3.79. The molecule has 0 aliphatic heterocycles. The number of nitrogens with zero attached hydrogens (tertiary/aromatic N) is 6. The van der Waals surface area contributed by atoms with Crippen molar-refractivity contribution in [1.82, 2.24) is 29.1 Å². The highest BCUT2D eigenvalue weighted by Crippen LogP contribution is 2.38. The van der Waals surface area contributed by atoms with Gasteiger partial charge in [0.1, 0.15) is 16.7 Å². The summed E-state index contributed by atoms with van der Waals surface area (Å²) in [7, 11) is 0. The minimum atomic E-state index is -4.78. The quantitative estimate of drug-likeness (QED) is 0.280. The predicted octanol–water partition coefficient (Wildman–Crippen LogP) is 4.46. The molecule has 0 saturated carbocycles. The van der Waals surface area contributed by atoms with Crippen molar-refractivity contribution >= 4 is 23.2 Å². The summed E-state index contributed by atoms with van der Waals surface area (Å²) in [4.78, 5) is 24.8. The molecule has 0 aliphatic carbocycles. The summed E-state index contributed by atoms with van der Waals surface area (Å²) in [5, 5.41) is 3.93. The molecule has 0 amide bonds. The van der Waals surface area contributed by atoms with Gasteiger partial charge in [0.05, 0.1) is 29.7 Å². The van der Waals surface area contributed by atoms with E-state index in [0.29, 0.717) is 11.3 Å². The van der Waals surface area contributed by atoms with Crippen molar-refractivity contribution in [3.63, 3.8) is 0 Å². The van der Waals surface area contributed by atoms with Crippen molar-refractivity contribution in [3.8, 4) is 22.4 Å². The maximum Gasteiger partial charge on any atom is 0.433 e. The van der Waals surface area contributed by atoms with E-state index in [9.17, 15) is 22.4 Å². The number of alkyl halides is 3. The predicted molar refractivity (Wildman–Crippen MR) is 124 cm³/mol. The average molecular weight is 516 g/mol. The lowest BCUT2D eigenvalue weighted by Crippen LogP contribution is -2.24. The van der Waals surface area contributed by atoms with Crippen LogP contribution in [-0.2, 0) is 12.7 Å². The second-order valence-electron chi connectivity index (χ2n) is 7.69. The number of hydrogen-bond donors (Lipinski definition) is 1. The van der Waals surface area contributed by atoms with Gasteiger partial charge in [0, 0.05) is 5.56 Å². The summed E-state index contributed by atoms with van der Waals surface area (Å²) in [5.74, 6) is -0.786. The Morgan fingerprint density at radius 3 is 2.42 bits per heavy atom.